The van der Waals surface area contributed by atoms with E-state index in [0.717, 1.165) is 5.56 Å². The largest absolute Gasteiger partial charge is 0.479 e. The molecule has 0 radical (unpaired) electrons. The van der Waals surface area contributed by atoms with E-state index in [4.69, 9.17) is 9.84 Å². The molecule has 0 fully saturated rings. The summed E-state index contributed by atoms with van der Waals surface area (Å²) in [6.07, 6.45) is -0.577. The van der Waals surface area contributed by atoms with E-state index < -0.39 is 12.1 Å². The van der Waals surface area contributed by atoms with Crippen molar-refractivity contribution in [3.05, 3.63) is 35.9 Å². The van der Waals surface area contributed by atoms with Crippen molar-refractivity contribution in [3.8, 4) is 0 Å². The first-order chi connectivity index (χ1) is 7.74. The van der Waals surface area contributed by atoms with Crippen LogP contribution in [0.15, 0.2) is 30.3 Å². The monoisotopic (exact) mass is 223 g/mol. The van der Waals surface area contributed by atoms with Crippen molar-refractivity contribution in [1.82, 2.24) is 5.32 Å². The summed E-state index contributed by atoms with van der Waals surface area (Å²) >= 11 is 0. The van der Waals surface area contributed by atoms with E-state index in [9.17, 15) is 9.59 Å². The van der Waals surface area contributed by atoms with Crippen molar-refractivity contribution in [2.24, 2.45) is 0 Å². The molecule has 0 saturated heterocycles. The molecule has 1 aromatic rings. The lowest BCUT2D eigenvalue weighted by molar-refractivity contribution is -0.150. The van der Waals surface area contributed by atoms with E-state index in [2.05, 4.69) is 5.32 Å². The van der Waals surface area contributed by atoms with Crippen LogP contribution in [-0.4, -0.2) is 30.1 Å². The summed E-state index contributed by atoms with van der Waals surface area (Å²) in [6.45, 7) is 0.171. The number of carbonyl (C=O) groups is 2. The van der Waals surface area contributed by atoms with Crippen molar-refractivity contribution in [1.29, 1.82) is 0 Å². The summed E-state index contributed by atoms with van der Waals surface area (Å²) in [5.41, 5.74) is 0.889. The molecule has 86 valence electrons. The second kappa shape index (κ2) is 6.58. The van der Waals surface area contributed by atoms with Gasteiger partial charge in [0.2, 0.25) is 6.41 Å². The zero-order valence-electron chi connectivity index (χ0n) is 8.63. The summed E-state index contributed by atoms with van der Waals surface area (Å²) in [6, 6.07) is 9.24. The van der Waals surface area contributed by atoms with E-state index in [1.807, 2.05) is 30.3 Å². The molecule has 0 heterocycles. The Bertz CT molecular complexity index is 339. The summed E-state index contributed by atoms with van der Waals surface area (Å²) in [5.74, 6) is -1.09. The van der Waals surface area contributed by atoms with Crippen LogP contribution in [0.25, 0.3) is 0 Å². The van der Waals surface area contributed by atoms with Crippen LogP contribution in [0.1, 0.15) is 5.56 Å². The molecular formula is C11H13NO4. The highest BCUT2D eigenvalue weighted by atomic mass is 16.5. The third-order valence-electron chi connectivity index (χ3n) is 1.96. The second-order valence-electron chi connectivity index (χ2n) is 3.15. The van der Waals surface area contributed by atoms with E-state index >= 15 is 0 Å². The number of hydrogen-bond acceptors (Lipinski definition) is 3. The molecule has 16 heavy (non-hydrogen) atoms. The van der Waals surface area contributed by atoms with Crippen molar-refractivity contribution in [3.63, 3.8) is 0 Å². The van der Waals surface area contributed by atoms with Gasteiger partial charge in [-0.3, -0.25) is 4.79 Å². The molecule has 0 aliphatic heterocycles. The van der Waals surface area contributed by atoms with Crippen molar-refractivity contribution < 1.29 is 19.4 Å². The van der Waals surface area contributed by atoms with Crippen molar-refractivity contribution in [2.75, 3.05) is 6.54 Å². The fourth-order valence-corrected chi connectivity index (χ4v) is 1.14. The highest BCUT2D eigenvalue weighted by molar-refractivity contribution is 5.73. The Morgan fingerprint density at radius 1 is 1.44 bits per heavy atom. The Morgan fingerprint density at radius 2 is 2.12 bits per heavy atom. The normalized spacial score (nSPS) is 11.8. The molecule has 2 N–H and O–H groups in total. The average Bonchev–Trinajstić information content (AvgIpc) is 2.30. The standard InChI is InChI=1S/C11H13NO4/c13-8-12-6-10(11(14)15)16-7-9-4-2-1-3-5-9/h1-5,8,10H,6-7H2,(H,12,13)(H,14,15). The lowest BCUT2D eigenvalue weighted by Gasteiger charge is -2.12. The number of carboxylic acids is 1. The SMILES string of the molecule is O=CNCC(OCc1ccccc1)C(=O)O. The van der Waals surface area contributed by atoms with Crippen molar-refractivity contribution >= 4 is 12.4 Å². The van der Waals surface area contributed by atoms with Gasteiger partial charge in [0.1, 0.15) is 0 Å². The van der Waals surface area contributed by atoms with Gasteiger partial charge in [-0.1, -0.05) is 30.3 Å². The van der Waals surface area contributed by atoms with Crippen LogP contribution in [0.3, 0.4) is 0 Å². The maximum absolute atomic E-state index is 10.7. The number of carboxylic acid groups (broad SMARTS) is 1. The fourth-order valence-electron chi connectivity index (χ4n) is 1.14. The van der Waals surface area contributed by atoms with Gasteiger partial charge >= 0.3 is 5.97 Å². The lowest BCUT2D eigenvalue weighted by atomic mass is 10.2. The molecule has 0 aromatic heterocycles. The van der Waals surface area contributed by atoms with E-state index in [1.165, 1.54) is 0 Å². The Balaban J connectivity index is 2.43. The lowest BCUT2D eigenvalue weighted by Crippen LogP contribution is -2.34. The van der Waals surface area contributed by atoms with Crippen LogP contribution in [0.5, 0.6) is 0 Å². The molecule has 0 aliphatic carbocycles. The van der Waals surface area contributed by atoms with Crippen LogP contribution >= 0.6 is 0 Å². The number of ether oxygens (including phenoxy) is 1. The molecule has 0 aliphatic rings. The molecule has 0 saturated carbocycles. The first kappa shape index (κ1) is 12.2. The van der Waals surface area contributed by atoms with Gasteiger partial charge in [-0.25, -0.2) is 4.79 Å². The first-order valence-corrected chi connectivity index (χ1v) is 4.79. The van der Waals surface area contributed by atoms with Gasteiger partial charge in [0, 0.05) is 0 Å². The van der Waals surface area contributed by atoms with Crippen LogP contribution < -0.4 is 5.32 Å². The minimum absolute atomic E-state index is 0.0360. The maximum Gasteiger partial charge on any atom is 0.334 e. The van der Waals surface area contributed by atoms with Crippen LogP contribution in [0, 0.1) is 0 Å². The van der Waals surface area contributed by atoms with Gasteiger partial charge in [0.05, 0.1) is 13.2 Å². The minimum atomic E-state index is -1.09. The summed E-state index contributed by atoms with van der Waals surface area (Å²) in [4.78, 5) is 20.8. The predicted octanol–water partition coefficient (Wildman–Crippen LogP) is 0.402. The minimum Gasteiger partial charge on any atom is -0.479 e. The number of amides is 1. The number of carbonyl (C=O) groups excluding carboxylic acids is 1. The molecule has 0 bridgehead atoms. The Morgan fingerprint density at radius 3 is 2.69 bits per heavy atom. The summed E-state index contributed by atoms with van der Waals surface area (Å²) < 4.78 is 5.17. The molecule has 1 atom stereocenters. The van der Waals surface area contributed by atoms with Gasteiger partial charge in [-0.05, 0) is 5.56 Å². The third kappa shape index (κ3) is 4.10. The molecule has 5 heteroatoms. The van der Waals surface area contributed by atoms with Crippen molar-refractivity contribution in [2.45, 2.75) is 12.7 Å². The fraction of sp³-hybridized carbons (Fsp3) is 0.273. The van der Waals surface area contributed by atoms with E-state index in [-0.39, 0.29) is 13.2 Å². The first-order valence-electron chi connectivity index (χ1n) is 4.79. The maximum atomic E-state index is 10.7. The van der Waals surface area contributed by atoms with Gasteiger partial charge in [-0.2, -0.15) is 0 Å². The highest BCUT2D eigenvalue weighted by Gasteiger charge is 2.17. The molecular weight excluding hydrogens is 210 g/mol. The highest BCUT2D eigenvalue weighted by Crippen LogP contribution is 2.03. The Kier molecular flexibility index (Phi) is 5.01. The van der Waals surface area contributed by atoms with Crippen LogP contribution in [-0.2, 0) is 20.9 Å². The molecule has 1 aromatic carbocycles. The summed E-state index contributed by atoms with van der Waals surface area (Å²) in [7, 11) is 0. The smallest absolute Gasteiger partial charge is 0.334 e. The van der Waals surface area contributed by atoms with E-state index in [1.54, 1.807) is 0 Å². The zero-order valence-corrected chi connectivity index (χ0v) is 8.63. The molecule has 1 unspecified atom stereocenters. The molecule has 1 rings (SSSR count). The molecule has 5 nitrogen and oxygen atoms in total. The number of rotatable bonds is 7. The van der Waals surface area contributed by atoms with E-state index in [0.29, 0.717) is 6.41 Å². The zero-order chi connectivity index (χ0) is 11.8. The van der Waals surface area contributed by atoms with Gasteiger partial charge in [-0.15, -0.1) is 0 Å². The predicted molar refractivity (Wildman–Crippen MR) is 56.7 cm³/mol. The quantitative estimate of drug-likeness (QED) is 0.656. The van der Waals surface area contributed by atoms with Gasteiger partial charge in [0.15, 0.2) is 6.10 Å². The Hall–Kier alpha value is -1.88. The number of aliphatic carboxylic acids is 1. The Labute approximate surface area is 93.0 Å². The van der Waals surface area contributed by atoms with Crippen LogP contribution in [0.4, 0.5) is 0 Å². The van der Waals surface area contributed by atoms with Crippen LogP contribution in [0.2, 0.25) is 0 Å². The number of nitrogens with one attached hydrogen (secondary N) is 1. The van der Waals surface area contributed by atoms with Gasteiger partial charge < -0.3 is 15.2 Å². The summed E-state index contributed by atoms with van der Waals surface area (Å²) in [5, 5.41) is 11.1. The number of benzene rings is 1. The molecule has 1 amide bonds. The second-order valence-corrected chi connectivity index (χ2v) is 3.15. The number of hydrogen-bond donors (Lipinski definition) is 2. The topological polar surface area (TPSA) is 75.6 Å². The average molecular weight is 223 g/mol. The van der Waals surface area contributed by atoms with Gasteiger partial charge in [0.25, 0.3) is 0 Å². The molecule has 0 spiro atoms. The third-order valence-corrected chi connectivity index (χ3v) is 1.96.